The molecule has 2 aromatic carbocycles. The molecular weight excluding hydrogens is 398 g/mol. The Hall–Kier alpha value is -1.42. The van der Waals surface area contributed by atoms with E-state index < -0.39 is 12.3 Å². The molecule has 0 spiro atoms. The number of alkyl halides is 2. The lowest BCUT2D eigenvalue weighted by molar-refractivity contribution is 0.128. The standard InChI is InChI=1S/C22H27BrF2O/c1-21(2,3)16-11-14(12-17(19(16)26)22(4,5)6)18(20(24)25)13-8-7-9-15(23)10-13/h7-12,18,20,26H,1-6H3. The molecule has 0 radical (unpaired) electrons. The van der Waals surface area contributed by atoms with Crippen molar-refractivity contribution in [1.82, 2.24) is 0 Å². The van der Waals surface area contributed by atoms with Crippen molar-refractivity contribution in [2.24, 2.45) is 0 Å². The second kappa shape index (κ2) is 7.30. The molecule has 0 aliphatic heterocycles. The summed E-state index contributed by atoms with van der Waals surface area (Å²) >= 11 is 3.37. The van der Waals surface area contributed by atoms with E-state index in [1.165, 1.54) is 0 Å². The Bertz CT molecular complexity index is 750. The molecule has 0 heterocycles. The summed E-state index contributed by atoms with van der Waals surface area (Å²) in [7, 11) is 0. The normalized spacial score (nSPS) is 13.9. The topological polar surface area (TPSA) is 20.2 Å². The molecule has 0 fully saturated rings. The smallest absolute Gasteiger partial charge is 0.249 e. The second-order valence-electron chi connectivity index (χ2n) is 8.83. The van der Waals surface area contributed by atoms with Crippen LogP contribution < -0.4 is 0 Å². The lowest BCUT2D eigenvalue weighted by Crippen LogP contribution is -2.20. The molecule has 0 aliphatic rings. The van der Waals surface area contributed by atoms with E-state index in [1.807, 2.05) is 47.6 Å². The number of hydrogen-bond acceptors (Lipinski definition) is 1. The summed E-state index contributed by atoms with van der Waals surface area (Å²) in [6.45, 7) is 11.9. The molecule has 0 bridgehead atoms. The van der Waals surface area contributed by atoms with Gasteiger partial charge in [-0.05, 0) is 45.2 Å². The van der Waals surface area contributed by atoms with Crippen LogP contribution in [-0.2, 0) is 10.8 Å². The summed E-state index contributed by atoms with van der Waals surface area (Å²) in [4.78, 5) is 0. The first-order chi connectivity index (χ1) is 11.8. The Balaban J connectivity index is 2.77. The van der Waals surface area contributed by atoms with Gasteiger partial charge >= 0.3 is 0 Å². The van der Waals surface area contributed by atoms with Crippen molar-refractivity contribution >= 4 is 15.9 Å². The van der Waals surface area contributed by atoms with Gasteiger partial charge in [-0.25, -0.2) is 8.78 Å². The lowest BCUT2D eigenvalue weighted by atomic mass is 9.76. The van der Waals surface area contributed by atoms with Gasteiger partial charge in [0.2, 0.25) is 6.43 Å². The van der Waals surface area contributed by atoms with Crippen LogP contribution in [-0.4, -0.2) is 11.5 Å². The van der Waals surface area contributed by atoms with Crippen molar-refractivity contribution < 1.29 is 13.9 Å². The summed E-state index contributed by atoms with van der Waals surface area (Å²) in [6.07, 6.45) is -2.55. The molecule has 2 rings (SSSR count). The Morgan fingerprint density at radius 3 is 1.73 bits per heavy atom. The fraction of sp³-hybridized carbons (Fsp3) is 0.455. The molecule has 4 heteroatoms. The SMILES string of the molecule is CC(C)(C)c1cc(C(c2cccc(Br)c2)C(F)F)cc(C(C)(C)C)c1O. The second-order valence-corrected chi connectivity index (χ2v) is 9.75. The van der Waals surface area contributed by atoms with Crippen LogP contribution in [0.25, 0.3) is 0 Å². The zero-order valence-corrected chi connectivity index (χ0v) is 17.8. The molecule has 0 saturated heterocycles. The van der Waals surface area contributed by atoms with E-state index in [4.69, 9.17) is 0 Å². The predicted octanol–water partition coefficient (Wildman–Crippen LogP) is 7.15. The molecule has 142 valence electrons. The first-order valence-electron chi connectivity index (χ1n) is 8.74. The van der Waals surface area contributed by atoms with E-state index in [9.17, 15) is 13.9 Å². The van der Waals surface area contributed by atoms with Crippen molar-refractivity contribution in [3.8, 4) is 5.75 Å². The zero-order valence-electron chi connectivity index (χ0n) is 16.2. The van der Waals surface area contributed by atoms with Crippen LogP contribution in [0.2, 0.25) is 0 Å². The average molecular weight is 425 g/mol. The van der Waals surface area contributed by atoms with E-state index in [1.54, 1.807) is 30.3 Å². The highest BCUT2D eigenvalue weighted by atomic mass is 79.9. The number of halogens is 3. The third-order valence-corrected chi connectivity index (χ3v) is 5.06. The van der Waals surface area contributed by atoms with E-state index in [-0.39, 0.29) is 16.6 Å². The molecule has 2 aromatic rings. The maximum atomic E-state index is 14.1. The number of aromatic hydroxyl groups is 1. The van der Waals surface area contributed by atoms with Crippen molar-refractivity contribution in [3.05, 3.63) is 63.1 Å². The van der Waals surface area contributed by atoms with Crippen LogP contribution in [0, 0.1) is 0 Å². The van der Waals surface area contributed by atoms with Gasteiger partial charge in [0, 0.05) is 4.47 Å². The summed E-state index contributed by atoms with van der Waals surface area (Å²) in [5, 5.41) is 10.8. The van der Waals surface area contributed by atoms with Crippen molar-refractivity contribution in [2.45, 2.75) is 64.7 Å². The van der Waals surface area contributed by atoms with Gasteiger partial charge in [0.1, 0.15) is 5.75 Å². The molecule has 0 aliphatic carbocycles. The van der Waals surface area contributed by atoms with E-state index in [0.29, 0.717) is 22.3 Å². The molecule has 1 atom stereocenters. The fourth-order valence-electron chi connectivity index (χ4n) is 3.16. The van der Waals surface area contributed by atoms with Crippen molar-refractivity contribution in [1.29, 1.82) is 0 Å². The summed E-state index contributed by atoms with van der Waals surface area (Å²) < 4.78 is 28.9. The molecule has 0 amide bonds. The number of phenols is 1. The summed E-state index contributed by atoms with van der Waals surface area (Å²) in [5.41, 5.74) is 1.76. The van der Waals surface area contributed by atoms with Crippen LogP contribution >= 0.6 is 15.9 Å². The molecule has 0 saturated carbocycles. The molecule has 1 unspecified atom stereocenters. The monoisotopic (exact) mass is 424 g/mol. The highest BCUT2D eigenvalue weighted by Crippen LogP contribution is 2.43. The minimum Gasteiger partial charge on any atom is -0.507 e. The fourth-order valence-corrected chi connectivity index (χ4v) is 3.58. The lowest BCUT2D eigenvalue weighted by Gasteiger charge is -2.30. The Morgan fingerprint density at radius 2 is 1.35 bits per heavy atom. The van der Waals surface area contributed by atoms with Gasteiger partial charge in [-0.1, -0.05) is 81.7 Å². The number of phenolic OH excluding ortho intramolecular Hbond substituents is 1. The van der Waals surface area contributed by atoms with E-state index in [2.05, 4.69) is 15.9 Å². The third kappa shape index (κ3) is 4.46. The number of benzene rings is 2. The minimum atomic E-state index is -2.55. The van der Waals surface area contributed by atoms with Gasteiger partial charge in [-0.15, -0.1) is 0 Å². The largest absolute Gasteiger partial charge is 0.507 e. The molecule has 26 heavy (non-hydrogen) atoms. The van der Waals surface area contributed by atoms with Crippen molar-refractivity contribution in [2.75, 3.05) is 0 Å². The van der Waals surface area contributed by atoms with Gasteiger partial charge in [-0.3, -0.25) is 0 Å². The van der Waals surface area contributed by atoms with E-state index in [0.717, 1.165) is 4.47 Å². The maximum absolute atomic E-state index is 14.1. The first kappa shape index (κ1) is 20.9. The molecule has 1 N–H and O–H groups in total. The van der Waals surface area contributed by atoms with Crippen LogP contribution in [0.3, 0.4) is 0 Å². The zero-order chi connectivity index (χ0) is 19.9. The predicted molar refractivity (Wildman–Crippen MR) is 107 cm³/mol. The van der Waals surface area contributed by atoms with Gasteiger partial charge < -0.3 is 5.11 Å². The highest BCUT2D eigenvalue weighted by molar-refractivity contribution is 9.10. The van der Waals surface area contributed by atoms with E-state index >= 15 is 0 Å². The summed E-state index contributed by atoms with van der Waals surface area (Å²) in [5.74, 6) is -0.841. The Morgan fingerprint density at radius 1 is 0.846 bits per heavy atom. The third-order valence-electron chi connectivity index (χ3n) is 4.57. The number of hydrogen-bond donors (Lipinski definition) is 1. The van der Waals surface area contributed by atoms with Gasteiger partial charge in [0.05, 0.1) is 5.92 Å². The number of rotatable bonds is 3. The quantitative estimate of drug-likeness (QED) is 0.554. The first-order valence-corrected chi connectivity index (χ1v) is 9.53. The molecule has 0 aromatic heterocycles. The maximum Gasteiger partial charge on any atom is 0.249 e. The van der Waals surface area contributed by atoms with Gasteiger partial charge in [-0.2, -0.15) is 0 Å². The average Bonchev–Trinajstić information content (AvgIpc) is 2.46. The molecule has 1 nitrogen and oxygen atoms in total. The van der Waals surface area contributed by atoms with Crippen LogP contribution in [0.15, 0.2) is 40.9 Å². The van der Waals surface area contributed by atoms with Crippen molar-refractivity contribution in [3.63, 3.8) is 0 Å². The van der Waals surface area contributed by atoms with Gasteiger partial charge in [0.25, 0.3) is 0 Å². The van der Waals surface area contributed by atoms with Crippen LogP contribution in [0.5, 0.6) is 5.75 Å². The highest BCUT2D eigenvalue weighted by Gasteiger charge is 2.31. The summed E-state index contributed by atoms with van der Waals surface area (Å²) in [6, 6.07) is 10.5. The van der Waals surface area contributed by atoms with Gasteiger partial charge in [0.15, 0.2) is 0 Å². The van der Waals surface area contributed by atoms with Crippen LogP contribution in [0.1, 0.15) is 69.7 Å². The minimum absolute atomic E-state index is 0.205. The Labute approximate surface area is 163 Å². The Kier molecular flexibility index (Phi) is 5.86. The molecular formula is C22H27BrF2O. The van der Waals surface area contributed by atoms with Crippen LogP contribution in [0.4, 0.5) is 8.78 Å².